The predicted molar refractivity (Wildman–Crippen MR) is 152 cm³/mol. The summed E-state index contributed by atoms with van der Waals surface area (Å²) in [5.74, 6) is 2.24. The molecule has 0 unspecified atom stereocenters. The molecule has 220 valence electrons. The quantitative estimate of drug-likeness (QED) is 0.224. The van der Waals surface area contributed by atoms with E-state index < -0.39 is 6.61 Å². The van der Waals surface area contributed by atoms with Crippen molar-refractivity contribution in [2.45, 2.75) is 53.2 Å². The van der Waals surface area contributed by atoms with E-state index in [1.165, 1.54) is 12.1 Å². The number of amides is 1. The van der Waals surface area contributed by atoms with E-state index >= 15 is 0 Å². The first-order valence-electron chi connectivity index (χ1n) is 14.0. The Morgan fingerprint density at radius 1 is 0.829 bits per heavy atom. The highest BCUT2D eigenvalue weighted by atomic mass is 19.3. The number of benzene rings is 3. The standard InChI is InChI=1S/C32H37F2NO6/c1-5-37-27-13-12-21(17-28(27)38-6-2)16-26-25-20-30(40-8-4)29(39-7-3)19-22(25)14-15-35(26)31(36)23-10-9-11-24(18-23)41-32(33)34/h9-13,17-20,26,32H,5-8,14-16H2,1-4H3/t26-/m1/s1. The molecule has 0 N–H and O–H groups in total. The molecule has 3 aromatic rings. The van der Waals surface area contributed by atoms with Crippen LogP contribution in [0.3, 0.4) is 0 Å². The molecule has 0 radical (unpaired) electrons. The maximum atomic E-state index is 13.9. The molecule has 3 aromatic carbocycles. The number of hydrogen-bond acceptors (Lipinski definition) is 6. The van der Waals surface area contributed by atoms with E-state index in [2.05, 4.69) is 4.74 Å². The topological polar surface area (TPSA) is 66.5 Å². The van der Waals surface area contributed by atoms with E-state index in [9.17, 15) is 13.6 Å². The second kappa shape index (κ2) is 14.1. The van der Waals surface area contributed by atoms with Crippen LogP contribution in [0.15, 0.2) is 54.6 Å². The van der Waals surface area contributed by atoms with Crippen molar-refractivity contribution in [3.8, 4) is 28.7 Å². The van der Waals surface area contributed by atoms with Crippen LogP contribution in [-0.2, 0) is 12.8 Å². The van der Waals surface area contributed by atoms with Crippen LogP contribution >= 0.6 is 0 Å². The molecular formula is C32H37F2NO6. The van der Waals surface area contributed by atoms with Gasteiger partial charge in [0, 0.05) is 12.1 Å². The van der Waals surface area contributed by atoms with E-state index in [0.717, 1.165) is 16.7 Å². The molecule has 1 heterocycles. The van der Waals surface area contributed by atoms with Gasteiger partial charge in [0.2, 0.25) is 0 Å². The molecule has 0 aliphatic carbocycles. The van der Waals surface area contributed by atoms with Gasteiger partial charge < -0.3 is 28.6 Å². The van der Waals surface area contributed by atoms with Crippen molar-refractivity contribution < 1.29 is 37.3 Å². The normalized spacial score (nSPS) is 14.4. The largest absolute Gasteiger partial charge is 0.490 e. The van der Waals surface area contributed by atoms with Crippen molar-refractivity contribution >= 4 is 5.91 Å². The summed E-state index contributed by atoms with van der Waals surface area (Å²) in [5, 5.41) is 0. The average Bonchev–Trinajstić information content (AvgIpc) is 2.95. The number of rotatable bonds is 13. The van der Waals surface area contributed by atoms with E-state index in [-0.39, 0.29) is 23.3 Å². The fourth-order valence-corrected chi connectivity index (χ4v) is 5.13. The van der Waals surface area contributed by atoms with E-state index in [4.69, 9.17) is 18.9 Å². The van der Waals surface area contributed by atoms with E-state index in [0.29, 0.717) is 68.8 Å². The summed E-state index contributed by atoms with van der Waals surface area (Å²) >= 11 is 0. The van der Waals surface area contributed by atoms with Gasteiger partial charge in [0.1, 0.15) is 5.75 Å². The fraction of sp³-hybridized carbons (Fsp3) is 0.406. The second-order valence-electron chi connectivity index (χ2n) is 9.39. The number of alkyl halides is 2. The Hall–Kier alpha value is -4.01. The molecule has 0 fully saturated rings. The summed E-state index contributed by atoms with van der Waals surface area (Å²) in [4.78, 5) is 15.7. The first kappa shape index (κ1) is 30.0. The summed E-state index contributed by atoms with van der Waals surface area (Å²) in [6.07, 6.45) is 1.09. The molecule has 1 aliphatic rings. The van der Waals surface area contributed by atoms with Crippen molar-refractivity contribution in [1.29, 1.82) is 0 Å². The highest BCUT2D eigenvalue weighted by Crippen LogP contribution is 2.41. The number of fused-ring (bicyclic) bond motifs is 1. The van der Waals surface area contributed by atoms with Gasteiger partial charge in [-0.3, -0.25) is 4.79 Å². The van der Waals surface area contributed by atoms with Crippen LogP contribution in [0.5, 0.6) is 28.7 Å². The summed E-state index contributed by atoms with van der Waals surface area (Å²) in [6.45, 7) is 7.06. The molecular weight excluding hydrogens is 532 g/mol. The molecule has 4 rings (SSSR count). The van der Waals surface area contributed by atoms with Crippen LogP contribution in [0.25, 0.3) is 0 Å². The third kappa shape index (κ3) is 7.20. The molecule has 9 heteroatoms. The minimum Gasteiger partial charge on any atom is -0.490 e. The molecule has 7 nitrogen and oxygen atoms in total. The van der Waals surface area contributed by atoms with Gasteiger partial charge >= 0.3 is 6.61 Å². The zero-order valence-corrected chi connectivity index (χ0v) is 24.0. The van der Waals surface area contributed by atoms with Crippen molar-refractivity contribution in [2.24, 2.45) is 0 Å². The monoisotopic (exact) mass is 569 g/mol. The summed E-state index contributed by atoms with van der Waals surface area (Å²) in [5.41, 5.74) is 3.24. The van der Waals surface area contributed by atoms with E-state index in [1.807, 2.05) is 58.0 Å². The average molecular weight is 570 g/mol. The van der Waals surface area contributed by atoms with Crippen LogP contribution in [0.1, 0.15) is 60.8 Å². The SMILES string of the molecule is CCOc1ccc(C[C@@H]2c3cc(OCC)c(OCC)cc3CCN2C(=O)c2cccc(OC(F)F)c2)cc1OCC. The van der Waals surface area contributed by atoms with Gasteiger partial charge in [0.15, 0.2) is 23.0 Å². The number of carbonyl (C=O) groups excluding carboxylic acids is 1. The van der Waals surface area contributed by atoms with Gasteiger partial charge in [-0.05, 0) is 99.7 Å². The molecule has 1 amide bonds. The molecule has 0 saturated carbocycles. The molecule has 1 atom stereocenters. The third-order valence-electron chi connectivity index (χ3n) is 6.77. The lowest BCUT2D eigenvalue weighted by molar-refractivity contribution is -0.0499. The molecule has 1 aliphatic heterocycles. The summed E-state index contributed by atoms with van der Waals surface area (Å²) < 4.78 is 53.7. The Morgan fingerprint density at radius 3 is 2.12 bits per heavy atom. The van der Waals surface area contributed by atoms with Gasteiger partial charge in [-0.25, -0.2) is 0 Å². The van der Waals surface area contributed by atoms with Gasteiger partial charge in [-0.1, -0.05) is 12.1 Å². The van der Waals surface area contributed by atoms with Crippen molar-refractivity contribution in [1.82, 2.24) is 4.90 Å². The van der Waals surface area contributed by atoms with Crippen LogP contribution < -0.4 is 23.7 Å². The smallest absolute Gasteiger partial charge is 0.387 e. The number of nitrogens with zero attached hydrogens (tertiary/aromatic N) is 1. The Balaban J connectivity index is 1.77. The molecule has 0 aromatic heterocycles. The van der Waals surface area contributed by atoms with Gasteiger partial charge in [0.05, 0.1) is 32.5 Å². The van der Waals surface area contributed by atoms with Crippen molar-refractivity contribution in [3.05, 3.63) is 76.9 Å². The van der Waals surface area contributed by atoms with Gasteiger partial charge in [-0.15, -0.1) is 0 Å². The van der Waals surface area contributed by atoms with Crippen LogP contribution in [-0.4, -0.2) is 50.4 Å². The predicted octanol–water partition coefficient (Wildman–Crippen LogP) is 6.87. The highest BCUT2D eigenvalue weighted by molar-refractivity contribution is 5.95. The zero-order chi connectivity index (χ0) is 29.4. The van der Waals surface area contributed by atoms with Crippen LogP contribution in [0.2, 0.25) is 0 Å². The maximum Gasteiger partial charge on any atom is 0.387 e. The first-order chi connectivity index (χ1) is 19.9. The lowest BCUT2D eigenvalue weighted by Crippen LogP contribution is -2.41. The zero-order valence-electron chi connectivity index (χ0n) is 24.0. The highest BCUT2D eigenvalue weighted by Gasteiger charge is 2.33. The first-order valence-corrected chi connectivity index (χ1v) is 14.0. The van der Waals surface area contributed by atoms with E-state index in [1.54, 1.807) is 17.0 Å². The lowest BCUT2D eigenvalue weighted by Gasteiger charge is -2.38. The van der Waals surface area contributed by atoms with Crippen LogP contribution in [0.4, 0.5) is 8.78 Å². The number of ether oxygens (including phenoxy) is 5. The third-order valence-corrected chi connectivity index (χ3v) is 6.77. The minimum atomic E-state index is -2.98. The van der Waals surface area contributed by atoms with Gasteiger partial charge in [-0.2, -0.15) is 8.78 Å². The Morgan fingerprint density at radius 2 is 1.46 bits per heavy atom. The molecule has 41 heavy (non-hydrogen) atoms. The second-order valence-corrected chi connectivity index (χ2v) is 9.39. The Labute approximate surface area is 239 Å². The van der Waals surface area contributed by atoms with Crippen molar-refractivity contribution in [2.75, 3.05) is 33.0 Å². The number of hydrogen-bond donors (Lipinski definition) is 0. The molecule has 0 bridgehead atoms. The lowest BCUT2D eigenvalue weighted by atomic mass is 9.87. The Bertz CT molecular complexity index is 1330. The van der Waals surface area contributed by atoms with Gasteiger partial charge in [0.25, 0.3) is 5.91 Å². The van der Waals surface area contributed by atoms with Crippen molar-refractivity contribution in [3.63, 3.8) is 0 Å². The molecule has 0 saturated heterocycles. The fourth-order valence-electron chi connectivity index (χ4n) is 5.13. The Kier molecular flexibility index (Phi) is 10.3. The minimum absolute atomic E-state index is 0.0623. The maximum absolute atomic E-state index is 13.9. The molecule has 0 spiro atoms. The number of carbonyl (C=O) groups is 1. The summed E-state index contributed by atoms with van der Waals surface area (Å²) in [7, 11) is 0. The summed E-state index contributed by atoms with van der Waals surface area (Å²) in [6, 6.07) is 15.3. The van der Waals surface area contributed by atoms with Crippen LogP contribution in [0, 0.1) is 0 Å². The number of halogens is 2.